The number of benzene rings is 1. The number of urea groups is 1. The molecule has 0 unspecified atom stereocenters. The number of hydrogen-bond acceptors (Lipinski definition) is 3. The smallest absolute Gasteiger partial charge is 0.321 e. The molecule has 0 aliphatic rings. The van der Waals surface area contributed by atoms with Gasteiger partial charge in [0.25, 0.3) is 5.91 Å². The quantitative estimate of drug-likeness (QED) is 0.754. The zero-order valence-electron chi connectivity index (χ0n) is 13.3. The van der Waals surface area contributed by atoms with Crippen LogP contribution >= 0.6 is 0 Å². The second-order valence-electron chi connectivity index (χ2n) is 5.23. The lowest BCUT2D eigenvalue weighted by Crippen LogP contribution is -2.88. The third-order valence-corrected chi connectivity index (χ3v) is 3.49. The predicted octanol–water partition coefficient (Wildman–Crippen LogP) is 1.49. The predicted molar refractivity (Wildman–Crippen MR) is 85.4 cm³/mol. The van der Waals surface area contributed by atoms with Gasteiger partial charge in [-0.25, -0.2) is 4.79 Å². The highest BCUT2D eigenvalue weighted by molar-refractivity contribution is 5.96. The molecule has 1 heterocycles. The van der Waals surface area contributed by atoms with Gasteiger partial charge in [-0.05, 0) is 26.0 Å². The molecule has 23 heavy (non-hydrogen) atoms. The third-order valence-electron chi connectivity index (χ3n) is 3.49. The lowest BCUT2D eigenvalue weighted by Gasteiger charge is -2.18. The van der Waals surface area contributed by atoms with Crippen molar-refractivity contribution in [2.75, 3.05) is 6.54 Å². The van der Waals surface area contributed by atoms with E-state index in [-0.39, 0.29) is 11.9 Å². The average Bonchev–Trinajstić information content (AvgIpc) is 3.07. The van der Waals surface area contributed by atoms with Gasteiger partial charge in [0.2, 0.25) is 0 Å². The molecule has 4 N–H and O–H groups in total. The molecule has 6 nitrogen and oxygen atoms in total. The fraction of sp³-hybridized carbons (Fsp3) is 0.294. The Bertz CT molecular complexity index is 626. The van der Waals surface area contributed by atoms with E-state index in [1.807, 2.05) is 54.7 Å². The lowest BCUT2D eigenvalue weighted by atomic mass is 10.0. The first-order valence-corrected chi connectivity index (χ1v) is 7.63. The summed E-state index contributed by atoms with van der Waals surface area (Å²) in [4.78, 5) is 24.1. The van der Waals surface area contributed by atoms with Gasteiger partial charge in [-0.1, -0.05) is 30.3 Å². The molecule has 0 aliphatic carbocycles. The Balaban J connectivity index is 2.15. The van der Waals surface area contributed by atoms with Crippen LogP contribution in [0.1, 0.15) is 37.3 Å². The van der Waals surface area contributed by atoms with E-state index in [4.69, 9.17) is 4.42 Å². The second-order valence-corrected chi connectivity index (χ2v) is 5.23. The van der Waals surface area contributed by atoms with Crippen LogP contribution in [0.5, 0.6) is 0 Å². The molecule has 0 bridgehead atoms. The highest BCUT2D eigenvalue weighted by Crippen LogP contribution is 2.13. The Morgan fingerprint density at radius 3 is 2.52 bits per heavy atom. The van der Waals surface area contributed by atoms with Crippen molar-refractivity contribution in [3.05, 3.63) is 60.1 Å². The average molecular weight is 316 g/mol. The Kier molecular flexibility index (Phi) is 5.94. The minimum absolute atomic E-state index is 0.0600. The van der Waals surface area contributed by atoms with Crippen molar-refractivity contribution in [1.82, 2.24) is 10.6 Å². The molecular weight excluding hydrogens is 294 g/mol. The molecule has 2 atom stereocenters. The molecule has 2 aromatic rings. The van der Waals surface area contributed by atoms with Crippen molar-refractivity contribution < 1.29 is 19.3 Å². The minimum Gasteiger partial charge on any atom is -0.463 e. The summed E-state index contributed by atoms with van der Waals surface area (Å²) in [6.45, 7) is 4.21. The summed E-state index contributed by atoms with van der Waals surface area (Å²) >= 11 is 0. The lowest BCUT2D eigenvalue weighted by molar-refractivity contribution is -0.720. The van der Waals surface area contributed by atoms with Gasteiger partial charge in [0.15, 0.2) is 11.8 Å². The molecule has 1 aromatic carbocycles. The van der Waals surface area contributed by atoms with Crippen LogP contribution in [0.25, 0.3) is 0 Å². The van der Waals surface area contributed by atoms with Gasteiger partial charge in [0, 0.05) is 12.1 Å². The van der Waals surface area contributed by atoms with Gasteiger partial charge in [-0.15, -0.1) is 0 Å². The number of furan rings is 1. The number of nitrogens with two attached hydrogens (primary N) is 1. The Morgan fingerprint density at radius 1 is 1.17 bits per heavy atom. The summed E-state index contributed by atoms with van der Waals surface area (Å²) in [6.07, 6.45) is 1.60. The molecule has 122 valence electrons. The van der Waals surface area contributed by atoms with Crippen molar-refractivity contribution >= 4 is 11.9 Å². The van der Waals surface area contributed by atoms with Crippen molar-refractivity contribution in [2.45, 2.75) is 25.9 Å². The molecule has 2 rings (SSSR count). The normalized spacial score (nSPS) is 13.1. The first kappa shape index (κ1) is 16.8. The number of carbonyl (C=O) groups is 2. The van der Waals surface area contributed by atoms with Crippen LogP contribution in [0.2, 0.25) is 0 Å². The van der Waals surface area contributed by atoms with Crippen molar-refractivity contribution in [1.29, 1.82) is 0 Å². The van der Waals surface area contributed by atoms with Gasteiger partial charge in [0.05, 0.1) is 6.26 Å². The van der Waals surface area contributed by atoms with Gasteiger partial charge >= 0.3 is 6.03 Å². The van der Waals surface area contributed by atoms with E-state index in [1.54, 1.807) is 13.2 Å². The summed E-state index contributed by atoms with van der Waals surface area (Å²) in [7, 11) is 0. The fourth-order valence-electron chi connectivity index (χ4n) is 2.34. The van der Waals surface area contributed by atoms with E-state index >= 15 is 0 Å². The maximum absolute atomic E-state index is 12.5. The standard InChI is InChI=1S/C17H21N3O3/c1-3-18-17(22)20-16(21)15(13-8-5-4-6-9-13)19-12(2)14-10-7-11-23-14/h4-12,15,19H,3H2,1-2H3,(H2,18,20,21,22)/p+1/t12-,15-/m1/s1. The molecule has 0 fully saturated rings. The first-order valence-electron chi connectivity index (χ1n) is 7.63. The van der Waals surface area contributed by atoms with Crippen molar-refractivity contribution in [3.63, 3.8) is 0 Å². The number of amides is 3. The van der Waals surface area contributed by atoms with Crippen molar-refractivity contribution in [3.8, 4) is 0 Å². The van der Waals surface area contributed by atoms with Crippen molar-refractivity contribution in [2.24, 2.45) is 0 Å². The molecule has 0 spiro atoms. The highest BCUT2D eigenvalue weighted by Gasteiger charge is 2.28. The summed E-state index contributed by atoms with van der Waals surface area (Å²) < 4.78 is 5.39. The van der Waals surface area contributed by atoms with E-state index in [2.05, 4.69) is 10.6 Å². The summed E-state index contributed by atoms with van der Waals surface area (Å²) in [5.41, 5.74) is 0.827. The highest BCUT2D eigenvalue weighted by atomic mass is 16.3. The number of rotatable bonds is 6. The molecule has 1 aromatic heterocycles. The molecule has 0 saturated heterocycles. The third kappa shape index (κ3) is 4.69. The van der Waals surface area contributed by atoms with Crippen LogP contribution in [0.15, 0.2) is 53.1 Å². The minimum atomic E-state index is -0.543. The molecular formula is C17H22N3O3+. The SMILES string of the molecule is CCNC(=O)NC(=O)[C@H]([NH2+][C@H](C)c1ccco1)c1ccccc1. The van der Waals surface area contributed by atoms with E-state index in [0.717, 1.165) is 11.3 Å². The number of nitrogens with one attached hydrogen (secondary N) is 2. The van der Waals surface area contributed by atoms with E-state index in [0.29, 0.717) is 6.54 Å². The van der Waals surface area contributed by atoms with E-state index in [9.17, 15) is 9.59 Å². The maximum Gasteiger partial charge on any atom is 0.321 e. The zero-order chi connectivity index (χ0) is 16.7. The summed E-state index contributed by atoms with van der Waals surface area (Å²) in [5, 5.41) is 6.82. The van der Waals surface area contributed by atoms with Crippen LogP contribution in [-0.2, 0) is 4.79 Å². The number of imide groups is 1. The summed E-state index contributed by atoms with van der Waals surface area (Å²) in [5.74, 6) is 0.414. The van der Waals surface area contributed by atoms with Crippen LogP contribution < -0.4 is 16.0 Å². The Morgan fingerprint density at radius 2 is 1.91 bits per heavy atom. The van der Waals surface area contributed by atoms with Crippen LogP contribution in [0, 0.1) is 0 Å². The topological polar surface area (TPSA) is 88.0 Å². The monoisotopic (exact) mass is 316 g/mol. The number of carbonyl (C=O) groups excluding carboxylic acids is 2. The van der Waals surface area contributed by atoms with Gasteiger partial charge in [-0.3, -0.25) is 10.1 Å². The Hall–Kier alpha value is -2.60. The van der Waals surface area contributed by atoms with Gasteiger partial charge in [0.1, 0.15) is 6.04 Å². The fourth-order valence-corrected chi connectivity index (χ4v) is 2.34. The Labute approximate surface area is 135 Å². The van der Waals surface area contributed by atoms with Crippen LogP contribution in [0.4, 0.5) is 4.79 Å². The van der Waals surface area contributed by atoms with Crippen LogP contribution in [0.3, 0.4) is 0 Å². The first-order chi connectivity index (χ1) is 11.1. The molecule has 0 saturated carbocycles. The van der Waals surface area contributed by atoms with Gasteiger partial charge < -0.3 is 15.1 Å². The van der Waals surface area contributed by atoms with Gasteiger partial charge in [-0.2, -0.15) is 0 Å². The largest absolute Gasteiger partial charge is 0.463 e. The van der Waals surface area contributed by atoms with E-state index < -0.39 is 12.1 Å². The molecule has 6 heteroatoms. The number of quaternary nitrogens is 1. The summed E-state index contributed by atoms with van der Waals surface area (Å²) in [6, 6.07) is 11.9. The van der Waals surface area contributed by atoms with Crippen LogP contribution in [-0.4, -0.2) is 18.5 Å². The molecule has 3 amide bonds. The van der Waals surface area contributed by atoms with E-state index in [1.165, 1.54) is 0 Å². The molecule has 0 aliphatic heterocycles. The molecule has 0 radical (unpaired) electrons. The second kappa shape index (κ2) is 8.14. The number of hydrogen-bond donors (Lipinski definition) is 3. The zero-order valence-corrected chi connectivity index (χ0v) is 13.3. The maximum atomic E-state index is 12.5.